The molecule has 0 aliphatic rings. The maximum atomic E-state index is 8.58. The van der Waals surface area contributed by atoms with Crippen molar-refractivity contribution in [3.8, 4) is 0 Å². The monoisotopic (exact) mass is 886 g/mol. The van der Waals surface area contributed by atoms with E-state index in [2.05, 4.69) is 0 Å². The van der Waals surface area contributed by atoms with Crippen LogP contribution < -0.4 is 22.1 Å². The van der Waals surface area contributed by atoms with Crippen LogP contribution in [0.5, 0.6) is 0 Å². The molecule has 0 fully saturated rings. The Hall–Kier alpha value is 6.03. The summed E-state index contributed by atoms with van der Waals surface area (Å²) in [6.07, 6.45) is 0. The predicted molar refractivity (Wildman–Crippen MR) is 30.7 cm³/mol. The Bertz CT molecular complexity index is 124. The third kappa shape index (κ3) is 199. The van der Waals surface area contributed by atoms with Gasteiger partial charge in [0.2, 0.25) is 0 Å². The third-order valence-electron chi connectivity index (χ3n) is 0. The fourth-order valence-corrected chi connectivity index (χ4v) is 0. The van der Waals surface area contributed by atoms with E-state index in [0.717, 1.165) is 0 Å². The Morgan fingerprint density at radius 1 is 0.500 bits per heavy atom. The molecule has 0 heterocycles. The van der Waals surface area contributed by atoms with Crippen LogP contribution in [-0.2, 0) is 65.8 Å². The normalized spacial score (nSPS) is 4.88. The van der Waals surface area contributed by atoms with Crippen molar-refractivity contribution in [2.24, 2.45) is 0 Å². The Kier molecular flexibility index (Phi) is 101. The van der Waals surface area contributed by atoms with E-state index in [1.54, 1.807) is 0 Å². The minimum absolute atomic E-state index is 0. The van der Waals surface area contributed by atoms with Crippen molar-refractivity contribution in [2.75, 3.05) is 0 Å². The van der Waals surface area contributed by atoms with E-state index >= 15 is 0 Å². The van der Waals surface area contributed by atoms with Crippen LogP contribution in [0.2, 0.25) is 0 Å². The van der Waals surface area contributed by atoms with Gasteiger partial charge in [-0.15, -0.1) is 0 Å². The molecule has 16 heavy (non-hydrogen) atoms. The van der Waals surface area contributed by atoms with Gasteiger partial charge in [-0.1, -0.05) is 0 Å². The molecule has 0 saturated heterocycles. The summed E-state index contributed by atoms with van der Waals surface area (Å²) < 4.78 is 77.2. The molecule has 0 aromatic heterocycles. The summed E-state index contributed by atoms with van der Waals surface area (Å²) in [4.78, 5) is 0. The molecule has 84 valence electrons. The molecule has 4 radical (unpaired) electrons. The van der Waals surface area contributed by atoms with Gasteiger partial charge in [0.05, 0.1) is 0 Å². The van der Waals surface area contributed by atoms with Gasteiger partial charge in [-0.3, -0.25) is 0 Å². The molecular weight excluding hydrogens is 881 g/mol. The first kappa shape index (κ1) is 43.1. The molecule has 0 spiro atoms. The van der Waals surface area contributed by atoms with Crippen molar-refractivity contribution in [2.45, 2.75) is 0 Å². The molecule has 0 aliphatic heterocycles. The van der Waals surface area contributed by atoms with E-state index in [-0.39, 0.29) is 143 Å². The Balaban J connectivity index is -0.0000000135. The molecule has 16 heteroatoms. The van der Waals surface area contributed by atoms with Gasteiger partial charge in [-0.25, -0.2) is 0 Å². The van der Waals surface area contributed by atoms with E-state index in [9.17, 15) is 0 Å². The number of rotatable bonds is 0. The van der Waals surface area contributed by atoms with Crippen molar-refractivity contribution in [1.29, 1.82) is 0 Å². The van der Waals surface area contributed by atoms with Crippen LogP contribution in [0, 0.1) is 0 Å². The van der Waals surface area contributed by atoms with Crippen LogP contribution in [0.15, 0.2) is 0 Å². The van der Waals surface area contributed by atoms with Crippen LogP contribution >= 0.6 is 0 Å². The summed E-state index contributed by atoms with van der Waals surface area (Å²) >= 11 is -12.2. The van der Waals surface area contributed by atoms with Gasteiger partial charge >= 0.3 is 231 Å². The standard InChI is InChI=1S/2Bi.9O.2Sr.3Ti.4H/q2*+3;;;;6*-1;;;;;;;;;. The third-order valence-corrected chi connectivity index (χ3v) is 0. The zero-order valence-corrected chi connectivity index (χ0v) is 17.7. The van der Waals surface area contributed by atoms with Gasteiger partial charge in [0.25, 0.3) is 0 Å². The van der Waals surface area contributed by atoms with Crippen molar-refractivity contribution >= 4 is 143 Å². The molecule has 0 aliphatic carbocycles. The van der Waals surface area contributed by atoms with Gasteiger partial charge in [0.1, 0.15) is 0 Å². The van der Waals surface area contributed by atoms with E-state index in [4.69, 9.17) is 32.1 Å². The quantitative estimate of drug-likeness (QED) is 0.213. The van der Waals surface area contributed by atoms with Crippen LogP contribution in [0.4, 0.5) is 0 Å². The van der Waals surface area contributed by atoms with Crippen LogP contribution in [0.25, 0.3) is 0 Å². The molecule has 0 rings (SSSR count). The zero-order valence-electron chi connectivity index (χ0n) is 6.07. The van der Waals surface area contributed by atoms with E-state index in [0.29, 0.717) is 0 Å². The van der Waals surface area contributed by atoms with Crippen molar-refractivity contribution in [3.05, 3.63) is 0 Å². The fraction of sp³-hybridized carbons (Fsp3) is 0. The number of hydrogen-bond donors (Lipinski definition) is 0. The minimum atomic E-state index is -4.08. The fourth-order valence-electron chi connectivity index (χ4n) is 0. The SMILES string of the molecule is [Bi+3].[Bi+3].[O]=[Ti]([O-])[O-].[O]=[Ti]([O-])[O-].[O]=[Ti]([O-])[O-].[SrH2].[SrH2]. The van der Waals surface area contributed by atoms with Gasteiger partial charge in [-0.05, 0) is 0 Å². The van der Waals surface area contributed by atoms with Crippen LogP contribution in [0.3, 0.4) is 0 Å². The Morgan fingerprint density at radius 3 is 0.500 bits per heavy atom. The Morgan fingerprint density at radius 2 is 0.500 bits per heavy atom. The molecule has 0 atom stereocenters. The maximum absolute atomic E-state index is 8.58. The predicted octanol–water partition coefficient (Wildman–Crippen LogP) is -10.1. The summed E-state index contributed by atoms with van der Waals surface area (Å²) in [5, 5.41) is 0. The van der Waals surface area contributed by atoms with Gasteiger partial charge < -0.3 is 0 Å². The van der Waals surface area contributed by atoms with E-state index < -0.39 is 55.8 Å². The summed E-state index contributed by atoms with van der Waals surface area (Å²) in [7, 11) is 0. The summed E-state index contributed by atoms with van der Waals surface area (Å²) in [6.45, 7) is 0. The van der Waals surface area contributed by atoms with Crippen LogP contribution in [0.1, 0.15) is 0 Å². The van der Waals surface area contributed by atoms with E-state index in [1.165, 1.54) is 0 Å². The summed E-state index contributed by atoms with van der Waals surface area (Å²) in [6, 6.07) is 0. The first-order chi connectivity index (χ1) is 5.20. The van der Waals surface area contributed by atoms with Gasteiger partial charge in [-0.2, -0.15) is 0 Å². The molecule has 0 aromatic carbocycles. The average Bonchev–Trinajstić information content (AvgIpc) is 1.54. The molecule has 0 aromatic rings. The molecule has 0 N–H and O–H groups in total. The first-order valence-electron chi connectivity index (χ1n) is 1.84. The molecule has 0 bridgehead atoms. The molecule has 0 unspecified atom stereocenters. The molecule has 0 amide bonds. The Labute approximate surface area is 224 Å². The van der Waals surface area contributed by atoms with E-state index in [1.807, 2.05) is 0 Å². The van der Waals surface area contributed by atoms with Gasteiger partial charge in [0, 0.05) is 0 Å². The van der Waals surface area contributed by atoms with Crippen molar-refractivity contribution in [1.82, 2.24) is 0 Å². The molecular formula is H4Bi2O9Sr2Ti3. The van der Waals surface area contributed by atoms with Crippen molar-refractivity contribution in [3.63, 3.8) is 0 Å². The second-order valence-corrected chi connectivity index (χ2v) is 3.09. The summed E-state index contributed by atoms with van der Waals surface area (Å²) in [5.74, 6) is 0. The van der Waals surface area contributed by atoms with Gasteiger partial charge in [0.15, 0.2) is 0 Å². The zero-order chi connectivity index (χ0) is 10.7. The second kappa shape index (κ2) is 37.3. The second-order valence-electron chi connectivity index (χ2n) is 0.750. The number of hydrogen-bond acceptors (Lipinski definition) is 9. The van der Waals surface area contributed by atoms with Crippen molar-refractivity contribution < 1.29 is 88.0 Å². The van der Waals surface area contributed by atoms with Crippen LogP contribution in [-0.4, -0.2) is 143 Å². The topological polar surface area (TPSA) is 190 Å². The summed E-state index contributed by atoms with van der Waals surface area (Å²) in [5.41, 5.74) is 0. The first-order valence-corrected chi connectivity index (χ1v) is 7.57. The molecule has 0 saturated carbocycles. The molecule has 9 nitrogen and oxygen atoms in total. The average molecular weight is 885 g/mol.